The first-order chi connectivity index (χ1) is 13.6. The van der Waals surface area contributed by atoms with Crippen LogP contribution in [0.4, 0.5) is 0 Å². The van der Waals surface area contributed by atoms with Gasteiger partial charge in [-0.25, -0.2) is 0 Å². The normalized spacial score (nSPS) is 36.5. The molecule has 5 rings (SSSR count). The molecule has 1 aromatic carbocycles. The number of hydrogen-bond donors (Lipinski definition) is 1. The van der Waals surface area contributed by atoms with E-state index in [1.54, 1.807) is 0 Å². The standard InChI is InChI=1S/C15H26O.C12H13N/c1-13(2)10(6-12-8-15(12,13)4)5-11-7-14(11,3)9-16;1-9(2)10-5-6-12-11(8-10)4-3-7-13-12/h10-12,16H,5-9H2,1-4H3;3-9H,1-2H3. The van der Waals surface area contributed by atoms with Crippen LogP contribution in [0, 0.1) is 34.0 Å². The lowest BCUT2D eigenvalue weighted by Crippen LogP contribution is -2.28. The second-order valence-electron chi connectivity index (χ2n) is 11.5. The van der Waals surface area contributed by atoms with Gasteiger partial charge in [-0.2, -0.15) is 0 Å². The number of fused-ring (bicyclic) bond motifs is 2. The van der Waals surface area contributed by atoms with Gasteiger partial charge in [0, 0.05) is 18.2 Å². The van der Waals surface area contributed by atoms with E-state index in [0.29, 0.717) is 23.4 Å². The summed E-state index contributed by atoms with van der Waals surface area (Å²) in [5, 5.41) is 10.6. The summed E-state index contributed by atoms with van der Waals surface area (Å²) in [7, 11) is 0. The number of pyridine rings is 1. The van der Waals surface area contributed by atoms with Gasteiger partial charge in [0.05, 0.1) is 5.52 Å². The van der Waals surface area contributed by atoms with Gasteiger partial charge >= 0.3 is 0 Å². The third-order valence-electron chi connectivity index (χ3n) is 9.24. The van der Waals surface area contributed by atoms with Crippen molar-refractivity contribution >= 4 is 10.9 Å². The van der Waals surface area contributed by atoms with Crippen molar-refractivity contribution < 1.29 is 5.11 Å². The average molecular weight is 394 g/mol. The molecule has 3 aliphatic carbocycles. The molecular formula is C27H39NO. The van der Waals surface area contributed by atoms with Gasteiger partial charge in [-0.05, 0) is 89.4 Å². The molecular weight excluding hydrogens is 354 g/mol. The quantitative estimate of drug-likeness (QED) is 0.618. The molecule has 0 radical (unpaired) electrons. The molecule has 1 N–H and O–H groups in total. The molecule has 1 aromatic heterocycles. The van der Waals surface area contributed by atoms with Gasteiger partial charge in [-0.1, -0.05) is 53.7 Å². The SMILES string of the molecule is CC(C)c1ccc2ncccc2c1.CC1(CO)CC1CC1CC2CC2(C)C1(C)C. The summed E-state index contributed by atoms with van der Waals surface area (Å²) in [5.74, 6) is 3.33. The Balaban J connectivity index is 0.000000145. The van der Waals surface area contributed by atoms with Gasteiger partial charge < -0.3 is 5.11 Å². The number of benzene rings is 1. The molecule has 0 amide bonds. The Bertz CT molecular complexity index is 887. The minimum atomic E-state index is 0.282. The van der Waals surface area contributed by atoms with E-state index in [0.717, 1.165) is 23.3 Å². The Kier molecular flexibility index (Phi) is 5.09. The van der Waals surface area contributed by atoms with Crippen molar-refractivity contribution in [3.05, 3.63) is 42.1 Å². The van der Waals surface area contributed by atoms with Crippen LogP contribution in [0.25, 0.3) is 10.9 Å². The highest BCUT2D eigenvalue weighted by Crippen LogP contribution is 2.75. The van der Waals surface area contributed by atoms with Crippen LogP contribution in [0.15, 0.2) is 36.5 Å². The number of hydrogen-bond acceptors (Lipinski definition) is 2. The average Bonchev–Trinajstić information content (AvgIpc) is 3.55. The summed E-state index contributed by atoms with van der Waals surface area (Å²) in [5.41, 5.74) is 3.93. The molecule has 0 aliphatic heterocycles. The molecule has 0 spiro atoms. The van der Waals surface area contributed by atoms with E-state index in [-0.39, 0.29) is 5.41 Å². The van der Waals surface area contributed by atoms with Gasteiger partial charge in [-0.15, -0.1) is 0 Å². The van der Waals surface area contributed by atoms with Crippen LogP contribution in [-0.2, 0) is 0 Å². The first-order valence-corrected chi connectivity index (χ1v) is 11.6. The van der Waals surface area contributed by atoms with Crippen LogP contribution in [0.5, 0.6) is 0 Å². The molecule has 1 heterocycles. The van der Waals surface area contributed by atoms with Gasteiger partial charge in [-0.3, -0.25) is 4.98 Å². The predicted molar refractivity (Wildman–Crippen MR) is 122 cm³/mol. The highest BCUT2D eigenvalue weighted by Gasteiger charge is 2.68. The van der Waals surface area contributed by atoms with Crippen molar-refractivity contribution in [1.29, 1.82) is 0 Å². The molecule has 5 unspecified atom stereocenters. The van der Waals surface area contributed by atoms with Crippen molar-refractivity contribution in [1.82, 2.24) is 4.98 Å². The monoisotopic (exact) mass is 393 g/mol. The smallest absolute Gasteiger partial charge is 0.0702 e. The van der Waals surface area contributed by atoms with Crippen molar-refractivity contribution in [3.63, 3.8) is 0 Å². The molecule has 158 valence electrons. The van der Waals surface area contributed by atoms with E-state index in [2.05, 4.69) is 70.8 Å². The molecule has 2 heteroatoms. The lowest BCUT2D eigenvalue weighted by Gasteiger charge is -2.36. The van der Waals surface area contributed by atoms with E-state index in [9.17, 15) is 5.11 Å². The molecule has 2 aromatic rings. The maximum atomic E-state index is 9.35. The molecule has 3 fully saturated rings. The number of aliphatic hydroxyl groups is 1. The highest BCUT2D eigenvalue weighted by atomic mass is 16.3. The Morgan fingerprint density at radius 1 is 1.07 bits per heavy atom. The number of nitrogens with zero attached hydrogens (tertiary/aromatic N) is 1. The maximum absolute atomic E-state index is 9.35. The Hall–Kier alpha value is -1.41. The van der Waals surface area contributed by atoms with Crippen molar-refractivity contribution in [2.75, 3.05) is 6.61 Å². The fourth-order valence-electron chi connectivity index (χ4n) is 5.94. The zero-order chi connectivity index (χ0) is 21.0. The maximum Gasteiger partial charge on any atom is 0.0702 e. The summed E-state index contributed by atoms with van der Waals surface area (Å²) >= 11 is 0. The Morgan fingerprint density at radius 3 is 2.41 bits per heavy atom. The first kappa shape index (κ1) is 20.8. The van der Waals surface area contributed by atoms with Crippen LogP contribution in [0.3, 0.4) is 0 Å². The lowest BCUT2D eigenvalue weighted by atomic mass is 9.69. The fourth-order valence-corrected chi connectivity index (χ4v) is 5.94. The lowest BCUT2D eigenvalue weighted by molar-refractivity contribution is 0.126. The zero-order valence-corrected chi connectivity index (χ0v) is 19.2. The van der Waals surface area contributed by atoms with E-state index < -0.39 is 0 Å². The fraction of sp³-hybridized carbons (Fsp3) is 0.667. The Morgan fingerprint density at radius 2 is 1.83 bits per heavy atom. The highest BCUT2D eigenvalue weighted by molar-refractivity contribution is 5.79. The predicted octanol–water partition coefficient (Wildman–Crippen LogP) is 6.83. The second kappa shape index (κ2) is 7.08. The van der Waals surface area contributed by atoms with Crippen LogP contribution in [0.1, 0.15) is 78.7 Å². The second-order valence-corrected chi connectivity index (χ2v) is 11.5. The summed E-state index contributed by atoms with van der Waals surface area (Å²) in [6.45, 7) is 14.5. The van der Waals surface area contributed by atoms with E-state index in [1.165, 1.54) is 36.6 Å². The number of rotatable bonds is 4. The minimum absolute atomic E-state index is 0.282. The molecule has 3 aliphatic rings. The molecule has 5 atom stereocenters. The van der Waals surface area contributed by atoms with Crippen LogP contribution in [-0.4, -0.2) is 16.7 Å². The molecule has 3 saturated carbocycles. The van der Waals surface area contributed by atoms with Gasteiger partial charge in [0.15, 0.2) is 0 Å². The first-order valence-electron chi connectivity index (χ1n) is 11.6. The summed E-state index contributed by atoms with van der Waals surface area (Å²) in [4.78, 5) is 4.28. The van der Waals surface area contributed by atoms with Crippen LogP contribution in [0.2, 0.25) is 0 Å². The third kappa shape index (κ3) is 3.63. The van der Waals surface area contributed by atoms with Crippen molar-refractivity contribution in [3.8, 4) is 0 Å². The largest absolute Gasteiger partial charge is 0.396 e. The Labute approximate surface area is 177 Å². The third-order valence-corrected chi connectivity index (χ3v) is 9.24. The van der Waals surface area contributed by atoms with Crippen molar-refractivity contribution in [2.24, 2.45) is 34.0 Å². The molecule has 29 heavy (non-hydrogen) atoms. The minimum Gasteiger partial charge on any atom is -0.396 e. The zero-order valence-electron chi connectivity index (χ0n) is 19.2. The van der Waals surface area contributed by atoms with E-state index in [1.807, 2.05) is 12.3 Å². The van der Waals surface area contributed by atoms with Crippen LogP contribution < -0.4 is 0 Å². The van der Waals surface area contributed by atoms with Crippen molar-refractivity contribution in [2.45, 2.75) is 73.1 Å². The van der Waals surface area contributed by atoms with Gasteiger partial charge in [0.25, 0.3) is 0 Å². The summed E-state index contributed by atoms with van der Waals surface area (Å²) < 4.78 is 0. The number of aromatic nitrogens is 1. The van der Waals surface area contributed by atoms with E-state index in [4.69, 9.17) is 0 Å². The van der Waals surface area contributed by atoms with Gasteiger partial charge in [0.1, 0.15) is 0 Å². The van der Waals surface area contributed by atoms with Gasteiger partial charge in [0.2, 0.25) is 0 Å². The van der Waals surface area contributed by atoms with Crippen LogP contribution >= 0.6 is 0 Å². The number of aliphatic hydroxyl groups excluding tert-OH is 1. The summed E-state index contributed by atoms with van der Waals surface area (Å²) in [6.07, 6.45) is 7.39. The molecule has 0 bridgehead atoms. The summed E-state index contributed by atoms with van der Waals surface area (Å²) in [6, 6.07) is 10.5. The van der Waals surface area contributed by atoms with E-state index >= 15 is 0 Å². The topological polar surface area (TPSA) is 33.1 Å². The molecule has 0 saturated heterocycles. The molecule has 2 nitrogen and oxygen atoms in total.